The second-order valence-electron chi connectivity index (χ2n) is 8.33. The topological polar surface area (TPSA) is 46.9 Å². The first-order valence-corrected chi connectivity index (χ1v) is 12.4. The molecule has 0 radical (unpaired) electrons. The van der Waals surface area contributed by atoms with Gasteiger partial charge < -0.3 is 9.88 Å². The largest absolute Gasteiger partial charge is 0.351 e. The number of nitrogens with zero attached hydrogens (tertiary/aromatic N) is 2. The number of amides is 1. The summed E-state index contributed by atoms with van der Waals surface area (Å²) in [5.74, 6) is 1.16. The minimum Gasteiger partial charge on any atom is -0.351 e. The minimum atomic E-state index is 0.0298. The van der Waals surface area contributed by atoms with Crippen LogP contribution in [0.2, 0.25) is 0 Å². The number of nitrogens with one attached hydrogen (secondary N) is 1. The van der Waals surface area contributed by atoms with Crippen molar-refractivity contribution in [3.8, 4) is 0 Å². The molecule has 0 atom stereocenters. The first kappa shape index (κ1) is 21.4. The summed E-state index contributed by atoms with van der Waals surface area (Å²) in [5.41, 5.74) is 3.52. The summed E-state index contributed by atoms with van der Waals surface area (Å²) < 4.78 is 2.36. The quantitative estimate of drug-likeness (QED) is 0.261. The van der Waals surface area contributed by atoms with Gasteiger partial charge in [-0.25, -0.2) is 4.98 Å². The Hall–Kier alpha value is -3.44. The summed E-state index contributed by atoms with van der Waals surface area (Å²) in [6, 6.07) is 27.4. The molecule has 0 spiro atoms. The van der Waals surface area contributed by atoms with Crippen LogP contribution in [0.1, 0.15) is 40.3 Å². The van der Waals surface area contributed by atoms with Gasteiger partial charge in [-0.3, -0.25) is 4.79 Å². The van der Waals surface area contributed by atoms with Gasteiger partial charge in [-0.05, 0) is 58.8 Å². The Morgan fingerprint density at radius 2 is 1.73 bits per heavy atom. The number of thiophene rings is 1. The first-order valence-electron chi connectivity index (χ1n) is 11.5. The third-order valence-electron chi connectivity index (χ3n) is 6.00. The van der Waals surface area contributed by atoms with Gasteiger partial charge in [0.1, 0.15) is 5.82 Å². The number of imidazole rings is 1. The van der Waals surface area contributed by atoms with Gasteiger partial charge in [0.2, 0.25) is 0 Å². The molecule has 0 saturated carbocycles. The van der Waals surface area contributed by atoms with E-state index < -0.39 is 0 Å². The molecule has 2 heterocycles. The van der Waals surface area contributed by atoms with Crippen molar-refractivity contribution in [2.45, 2.75) is 32.2 Å². The van der Waals surface area contributed by atoms with E-state index in [-0.39, 0.29) is 5.91 Å². The van der Waals surface area contributed by atoms with Crippen molar-refractivity contribution in [2.75, 3.05) is 6.54 Å². The lowest BCUT2D eigenvalue weighted by molar-refractivity contribution is 0.0957. The smallest absolute Gasteiger partial charge is 0.261 e. The van der Waals surface area contributed by atoms with E-state index in [1.165, 1.54) is 33.2 Å². The highest BCUT2D eigenvalue weighted by Gasteiger charge is 2.11. The average molecular weight is 454 g/mol. The lowest BCUT2D eigenvalue weighted by atomic mass is 10.1. The maximum atomic E-state index is 12.0. The van der Waals surface area contributed by atoms with Crippen LogP contribution in [0.5, 0.6) is 0 Å². The fraction of sp³-hybridized carbons (Fsp3) is 0.214. The number of aryl methyl sites for hydroxylation is 1. The molecule has 33 heavy (non-hydrogen) atoms. The van der Waals surface area contributed by atoms with Crippen LogP contribution in [0.3, 0.4) is 0 Å². The molecule has 0 fully saturated rings. The van der Waals surface area contributed by atoms with Crippen LogP contribution >= 0.6 is 11.3 Å². The third kappa shape index (κ3) is 4.99. The van der Waals surface area contributed by atoms with Crippen molar-refractivity contribution in [3.05, 3.63) is 101 Å². The summed E-state index contributed by atoms with van der Waals surface area (Å²) in [4.78, 5) is 17.8. The van der Waals surface area contributed by atoms with Gasteiger partial charge in [-0.15, -0.1) is 11.3 Å². The summed E-state index contributed by atoms with van der Waals surface area (Å²) >= 11 is 1.48. The molecule has 5 heteroatoms. The summed E-state index contributed by atoms with van der Waals surface area (Å²) in [5, 5.41) is 7.48. The second-order valence-corrected chi connectivity index (χ2v) is 9.28. The standard InChI is InChI=1S/C28H27N3OS/c32-28(26-13-8-18-33-26)29-17-7-1-2-14-27-30-24-11-5-6-12-25(24)31(27)20-21-15-16-22-9-3-4-10-23(22)19-21/h3-6,8-13,15-16,18-19H,1-2,7,14,17,20H2,(H,29,32). The Kier molecular flexibility index (Phi) is 6.49. The molecule has 0 unspecified atom stereocenters. The predicted molar refractivity (Wildman–Crippen MR) is 137 cm³/mol. The van der Waals surface area contributed by atoms with Crippen molar-refractivity contribution in [2.24, 2.45) is 0 Å². The van der Waals surface area contributed by atoms with Gasteiger partial charge in [-0.2, -0.15) is 0 Å². The molecular formula is C28H27N3OS. The van der Waals surface area contributed by atoms with E-state index in [2.05, 4.69) is 76.6 Å². The summed E-state index contributed by atoms with van der Waals surface area (Å²) in [6.45, 7) is 1.53. The van der Waals surface area contributed by atoms with E-state index in [1.54, 1.807) is 0 Å². The molecule has 0 aliphatic heterocycles. The van der Waals surface area contributed by atoms with Gasteiger partial charge in [0, 0.05) is 19.5 Å². The van der Waals surface area contributed by atoms with Crippen molar-refractivity contribution < 1.29 is 4.79 Å². The second kappa shape index (κ2) is 10.0. The molecule has 4 nitrogen and oxygen atoms in total. The normalized spacial score (nSPS) is 11.3. The highest BCUT2D eigenvalue weighted by Crippen LogP contribution is 2.22. The van der Waals surface area contributed by atoms with Crippen molar-refractivity contribution in [1.29, 1.82) is 0 Å². The fourth-order valence-electron chi connectivity index (χ4n) is 4.29. The number of hydrogen-bond acceptors (Lipinski definition) is 3. The number of fused-ring (bicyclic) bond motifs is 2. The molecule has 0 aliphatic carbocycles. The number of benzene rings is 3. The van der Waals surface area contributed by atoms with Gasteiger partial charge in [-0.1, -0.05) is 61.0 Å². The molecular weight excluding hydrogens is 426 g/mol. The summed E-state index contributed by atoms with van der Waals surface area (Å²) in [6.07, 6.45) is 4.02. The molecule has 0 aliphatic rings. The predicted octanol–water partition coefficient (Wildman–Crippen LogP) is 6.44. The SMILES string of the molecule is O=C(NCCCCCc1nc2ccccc2n1Cc1ccc2ccccc2c1)c1cccs1. The number of hydrogen-bond donors (Lipinski definition) is 1. The van der Waals surface area contributed by atoms with Crippen LogP contribution in [-0.2, 0) is 13.0 Å². The maximum absolute atomic E-state index is 12.0. The van der Waals surface area contributed by atoms with Gasteiger partial charge >= 0.3 is 0 Å². The zero-order chi connectivity index (χ0) is 22.5. The Balaban J connectivity index is 1.23. The van der Waals surface area contributed by atoms with Gasteiger partial charge in [0.15, 0.2) is 0 Å². The van der Waals surface area contributed by atoms with Crippen LogP contribution in [0.25, 0.3) is 21.8 Å². The molecule has 0 saturated heterocycles. The highest BCUT2D eigenvalue weighted by atomic mass is 32.1. The van der Waals surface area contributed by atoms with Crippen LogP contribution in [-0.4, -0.2) is 22.0 Å². The number of unbranched alkanes of at least 4 members (excludes halogenated alkanes) is 2. The molecule has 166 valence electrons. The lowest BCUT2D eigenvalue weighted by Gasteiger charge is -2.11. The number of rotatable bonds is 9. The van der Waals surface area contributed by atoms with E-state index in [4.69, 9.17) is 4.98 Å². The minimum absolute atomic E-state index is 0.0298. The van der Waals surface area contributed by atoms with E-state index in [9.17, 15) is 4.79 Å². The van der Waals surface area contributed by atoms with Gasteiger partial charge in [0.25, 0.3) is 5.91 Å². The van der Waals surface area contributed by atoms with Crippen LogP contribution in [0.15, 0.2) is 84.2 Å². The van der Waals surface area contributed by atoms with E-state index >= 15 is 0 Å². The first-order chi connectivity index (χ1) is 16.3. The molecule has 3 aromatic carbocycles. The van der Waals surface area contributed by atoms with Crippen molar-refractivity contribution in [3.63, 3.8) is 0 Å². The molecule has 2 aromatic heterocycles. The Labute approximate surface area is 197 Å². The highest BCUT2D eigenvalue weighted by molar-refractivity contribution is 7.12. The third-order valence-corrected chi connectivity index (χ3v) is 6.86. The van der Waals surface area contributed by atoms with Crippen molar-refractivity contribution >= 4 is 39.0 Å². The number of carbonyl (C=O) groups excluding carboxylic acids is 1. The van der Waals surface area contributed by atoms with E-state index in [0.717, 1.165) is 48.4 Å². The van der Waals surface area contributed by atoms with Crippen LogP contribution in [0.4, 0.5) is 0 Å². The number of para-hydroxylation sites is 2. The zero-order valence-electron chi connectivity index (χ0n) is 18.5. The Bertz CT molecular complexity index is 1370. The maximum Gasteiger partial charge on any atom is 0.261 e. The number of carbonyl (C=O) groups is 1. The Morgan fingerprint density at radius 3 is 2.61 bits per heavy atom. The fourth-order valence-corrected chi connectivity index (χ4v) is 4.93. The molecule has 0 bridgehead atoms. The molecule has 1 N–H and O–H groups in total. The average Bonchev–Trinajstić information content (AvgIpc) is 3.50. The van der Waals surface area contributed by atoms with Gasteiger partial charge in [0.05, 0.1) is 15.9 Å². The van der Waals surface area contributed by atoms with E-state index in [0.29, 0.717) is 6.54 Å². The number of aromatic nitrogens is 2. The van der Waals surface area contributed by atoms with E-state index in [1.807, 2.05) is 17.5 Å². The Morgan fingerprint density at radius 1 is 0.879 bits per heavy atom. The molecule has 5 aromatic rings. The molecule has 5 rings (SSSR count). The summed E-state index contributed by atoms with van der Waals surface area (Å²) in [7, 11) is 0. The van der Waals surface area contributed by atoms with Crippen LogP contribution in [0, 0.1) is 0 Å². The van der Waals surface area contributed by atoms with Crippen molar-refractivity contribution in [1.82, 2.24) is 14.9 Å². The lowest BCUT2D eigenvalue weighted by Crippen LogP contribution is -2.23. The van der Waals surface area contributed by atoms with Crippen LogP contribution < -0.4 is 5.32 Å². The molecule has 1 amide bonds. The zero-order valence-corrected chi connectivity index (χ0v) is 19.4. The monoisotopic (exact) mass is 453 g/mol.